The van der Waals surface area contributed by atoms with Crippen LogP contribution in [0.1, 0.15) is 36.3 Å². The van der Waals surface area contributed by atoms with Crippen LogP contribution in [0, 0.1) is 11.3 Å². The van der Waals surface area contributed by atoms with Gasteiger partial charge < -0.3 is 4.98 Å². The molecule has 0 aliphatic rings. The molecule has 0 aliphatic heterocycles. The van der Waals surface area contributed by atoms with Crippen LogP contribution in [0.2, 0.25) is 0 Å². The summed E-state index contributed by atoms with van der Waals surface area (Å²) < 4.78 is 27.1. The average molecular weight is 304 g/mol. The van der Waals surface area contributed by atoms with Gasteiger partial charge in [-0.3, -0.25) is 0 Å². The van der Waals surface area contributed by atoms with E-state index in [1.807, 2.05) is 13.0 Å². The van der Waals surface area contributed by atoms with E-state index < -0.39 is 10.0 Å². The summed E-state index contributed by atoms with van der Waals surface area (Å²) in [5, 5.41) is 8.84. The third-order valence-electron chi connectivity index (χ3n) is 2.99. The molecule has 1 atom stereocenters. The van der Waals surface area contributed by atoms with Gasteiger partial charge in [0.2, 0.25) is 10.0 Å². The Morgan fingerprint density at radius 3 is 2.90 bits per heavy atom. The van der Waals surface area contributed by atoms with Crippen LogP contribution >= 0.6 is 0 Å². The first-order valence-corrected chi connectivity index (χ1v) is 8.17. The van der Waals surface area contributed by atoms with Gasteiger partial charge in [-0.1, -0.05) is 19.1 Å². The summed E-state index contributed by atoms with van der Waals surface area (Å²) in [6.45, 7) is 1.88. The third-order valence-corrected chi connectivity index (χ3v) is 4.35. The highest BCUT2D eigenvalue weighted by atomic mass is 32.2. The molecule has 0 spiro atoms. The summed E-state index contributed by atoms with van der Waals surface area (Å²) in [4.78, 5) is 6.99. The summed E-state index contributed by atoms with van der Waals surface area (Å²) in [6, 6.07) is 8.19. The zero-order valence-corrected chi connectivity index (χ0v) is 12.4. The van der Waals surface area contributed by atoms with Gasteiger partial charge in [0.1, 0.15) is 5.82 Å². The highest BCUT2D eigenvalue weighted by Crippen LogP contribution is 2.15. The predicted molar refractivity (Wildman–Crippen MR) is 78.5 cm³/mol. The molecule has 2 aromatic rings. The summed E-state index contributed by atoms with van der Waals surface area (Å²) in [6.07, 6.45) is 3.83. The minimum atomic E-state index is -3.52. The lowest BCUT2D eigenvalue weighted by molar-refractivity contribution is 0.538. The zero-order chi connectivity index (χ0) is 15.3. The second-order valence-corrected chi connectivity index (χ2v) is 6.38. The number of hydrogen-bond donors (Lipinski definition) is 2. The molecule has 1 unspecified atom stereocenters. The van der Waals surface area contributed by atoms with Gasteiger partial charge in [-0.05, 0) is 24.1 Å². The van der Waals surface area contributed by atoms with E-state index in [0.717, 1.165) is 0 Å². The molecule has 1 aromatic carbocycles. The number of nitrogens with one attached hydrogen (secondary N) is 2. The maximum Gasteiger partial charge on any atom is 0.216 e. The van der Waals surface area contributed by atoms with Crippen LogP contribution in [0.15, 0.2) is 36.7 Å². The van der Waals surface area contributed by atoms with Gasteiger partial charge in [-0.15, -0.1) is 0 Å². The van der Waals surface area contributed by atoms with Crippen molar-refractivity contribution < 1.29 is 8.42 Å². The van der Waals surface area contributed by atoms with Crippen LogP contribution < -0.4 is 4.72 Å². The van der Waals surface area contributed by atoms with Crippen LogP contribution in [0.25, 0.3) is 0 Å². The van der Waals surface area contributed by atoms with E-state index in [9.17, 15) is 8.42 Å². The fraction of sp³-hybridized carbons (Fsp3) is 0.286. The molecule has 0 saturated heterocycles. The van der Waals surface area contributed by atoms with Crippen molar-refractivity contribution in [3.8, 4) is 6.07 Å². The van der Waals surface area contributed by atoms with Gasteiger partial charge >= 0.3 is 0 Å². The van der Waals surface area contributed by atoms with Crippen molar-refractivity contribution in [2.24, 2.45) is 0 Å². The quantitative estimate of drug-likeness (QED) is 0.850. The van der Waals surface area contributed by atoms with Crippen LogP contribution in [-0.2, 0) is 15.8 Å². The van der Waals surface area contributed by atoms with E-state index in [4.69, 9.17) is 5.26 Å². The lowest BCUT2D eigenvalue weighted by Gasteiger charge is -2.15. The van der Waals surface area contributed by atoms with Crippen molar-refractivity contribution in [2.75, 3.05) is 0 Å². The number of nitrogens with zero attached hydrogens (tertiary/aromatic N) is 2. The standard InChI is InChI=1S/C14H16N4O2S/c1-2-13(14-16-6-7-17-14)18-21(19,20)10-12-5-3-4-11(8-12)9-15/h3-8,13,18H,2,10H2,1H3,(H,16,17). The van der Waals surface area contributed by atoms with Gasteiger partial charge in [-0.2, -0.15) is 5.26 Å². The maximum absolute atomic E-state index is 12.2. The summed E-state index contributed by atoms with van der Waals surface area (Å²) in [7, 11) is -3.52. The first-order valence-electron chi connectivity index (χ1n) is 6.52. The second-order valence-electron chi connectivity index (χ2n) is 4.62. The minimum absolute atomic E-state index is 0.167. The van der Waals surface area contributed by atoms with E-state index >= 15 is 0 Å². The van der Waals surface area contributed by atoms with Gasteiger partial charge in [-0.25, -0.2) is 18.1 Å². The summed E-state index contributed by atoms with van der Waals surface area (Å²) in [5.41, 5.74) is 1.02. The molecule has 0 aliphatic carbocycles. The molecule has 1 aromatic heterocycles. The molecule has 2 rings (SSSR count). The van der Waals surface area contributed by atoms with Crippen molar-refractivity contribution in [1.82, 2.24) is 14.7 Å². The summed E-state index contributed by atoms with van der Waals surface area (Å²) >= 11 is 0. The Balaban J connectivity index is 2.13. The van der Waals surface area contributed by atoms with E-state index in [1.165, 1.54) is 0 Å². The smallest absolute Gasteiger partial charge is 0.216 e. The number of hydrogen-bond acceptors (Lipinski definition) is 4. The SMILES string of the molecule is CCC(NS(=O)(=O)Cc1cccc(C#N)c1)c1ncc[nH]1. The number of sulfonamides is 1. The largest absolute Gasteiger partial charge is 0.347 e. The zero-order valence-electron chi connectivity index (χ0n) is 11.6. The van der Waals surface area contributed by atoms with Gasteiger partial charge in [0.15, 0.2) is 0 Å². The normalized spacial score (nSPS) is 12.8. The molecule has 0 bridgehead atoms. The van der Waals surface area contributed by atoms with Gasteiger partial charge in [0.05, 0.1) is 23.4 Å². The Bertz CT molecular complexity index is 733. The Labute approximate surface area is 123 Å². The number of rotatable bonds is 6. The van der Waals surface area contributed by atoms with Crippen LogP contribution in [-0.4, -0.2) is 18.4 Å². The molecular formula is C14H16N4O2S. The molecule has 2 N–H and O–H groups in total. The molecule has 7 heteroatoms. The monoisotopic (exact) mass is 304 g/mol. The van der Waals surface area contributed by atoms with Crippen molar-refractivity contribution in [3.05, 3.63) is 53.6 Å². The average Bonchev–Trinajstić information content (AvgIpc) is 2.98. The molecule has 110 valence electrons. The molecule has 0 fully saturated rings. The van der Waals surface area contributed by atoms with Crippen molar-refractivity contribution in [1.29, 1.82) is 5.26 Å². The first-order chi connectivity index (χ1) is 10.0. The van der Waals surface area contributed by atoms with Crippen LogP contribution in [0.3, 0.4) is 0 Å². The van der Waals surface area contributed by atoms with E-state index in [0.29, 0.717) is 23.4 Å². The Hall–Kier alpha value is -2.17. The second kappa shape index (κ2) is 6.52. The Kier molecular flexibility index (Phi) is 4.73. The maximum atomic E-state index is 12.2. The van der Waals surface area contributed by atoms with Crippen molar-refractivity contribution in [3.63, 3.8) is 0 Å². The van der Waals surface area contributed by atoms with Crippen molar-refractivity contribution >= 4 is 10.0 Å². The van der Waals surface area contributed by atoms with Crippen LogP contribution in [0.4, 0.5) is 0 Å². The summed E-state index contributed by atoms with van der Waals surface area (Å²) in [5.74, 6) is 0.423. The fourth-order valence-electron chi connectivity index (χ4n) is 2.01. The first kappa shape index (κ1) is 15.2. The van der Waals surface area contributed by atoms with E-state index in [-0.39, 0.29) is 11.8 Å². The Morgan fingerprint density at radius 1 is 1.48 bits per heavy atom. The molecule has 0 amide bonds. The third kappa shape index (κ3) is 4.15. The molecule has 21 heavy (non-hydrogen) atoms. The van der Waals surface area contributed by atoms with Crippen molar-refractivity contribution in [2.45, 2.75) is 25.1 Å². The highest BCUT2D eigenvalue weighted by molar-refractivity contribution is 7.88. The molecule has 0 saturated carbocycles. The van der Waals surface area contributed by atoms with Crippen LogP contribution in [0.5, 0.6) is 0 Å². The molecule has 1 heterocycles. The lowest BCUT2D eigenvalue weighted by atomic mass is 10.2. The predicted octanol–water partition coefficient (Wildman–Crippen LogP) is 1.85. The number of H-pyrrole nitrogens is 1. The number of aromatic nitrogens is 2. The number of nitriles is 1. The number of benzene rings is 1. The highest BCUT2D eigenvalue weighted by Gasteiger charge is 2.20. The molecular weight excluding hydrogens is 288 g/mol. The van der Waals surface area contributed by atoms with E-state index in [2.05, 4.69) is 14.7 Å². The molecule has 0 radical (unpaired) electrons. The Morgan fingerprint density at radius 2 is 2.29 bits per heavy atom. The fourth-order valence-corrected chi connectivity index (χ4v) is 3.42. The van der Waals surface area contributed by atoms with Gasteiger partial charge in [0.25, 0.3) is 0 Å². The number of imidazole rings is 1. The minimum Gasteiger partial charge on any atom is -0.347 e. The molecule has 6 nitrogen and oxygen atoms in total. The van der Waals surface area contributed by atoms with Gasteiger partial charge in [0, 0.05) is 12.4 Å². The number of aromatic amines is 1. The topological polar surface area (TPSA) is 98.6 Å². The lowest BCUT2D eigenvalue weighted by Crippen LogP contribution is -2.30. The van der Waals surface area contributed by atoms with E-state index in [1.54, 1.807) is 36.7 Å².